The van der Waals surface area contributed by atoms with Gasteiger partial charge in [-0.1, -0.05) is 34.6 Å². The van der Waals surface area contributed by atoms with Gasteiger partial charge in [-0.25, -0.2) is 0 Å². The number of carbonyl (C=O) groups excluding carboxylic acids is 1. The van der Waals surface area contributed by atoms with Gasteiger partial charge in [0, 0.05) is 25.0 Å². The van der Waals surface area contributed by atoms with Crippen LogP contribution in [0.4, 0.5) is 0 Å². The van der Waals surface area contributed by atoms with Crippen molar-refractivity contribution in [2.75, 3.05) is 13.2 Å². The van der Waals surface area contributed by atoms with Crippen molar-refractivity contribution >= 4 is 5.91 Å². The molecule has 0 heterocycles. The summed E-state index contributed by atoms with van der Waals surface area (Å²) in [6.45, 7) is 13.7. The number of nitrogens with two attached hydrogens (primary N) is 1. The molecule has 0 saturated heterocycles. The Morgan fingerprint density at radius 2 is 2.00 bits per heavy atom. The summed E-state index contributed by atoms with van der Waals surface area (Å²) in [4.78, 5) is 12.4. The fourth-order valence-corrected chi connectivity index (χ4v) is 2.42. The lowest BCUT2D eigenvalue weighted by Crippen LogP contribution is -2.76. The third-order valence-corrected chi connectivity index (χ3v) is 4.92. The van der Waals surface area contributed by atoms with E-state index in [0.29, 0.717) is 19.6 Å². The fraction of sp³-hybridized carbons (Fsp3) is 0.933. The summed E-state index contributed by atoms with van der Waals surface area (Å²) in [7, 11) is 0. The molecule has 19 heavy (non-hydrogen) atoms. The molecule has 4 nitrogen and oxygen atoms in total. The summed E-state index contributed by atoms with van der Waals surface area (Å²) < 4.78 is 5.65. The number of carbonyl (C=O) groups is 1. The lowest BCUT2D eigenvalue weighted by atomic mass is 9.54. The molecule has 0 radical (unpaired) electrons. The second kappa shape index (κ2) is 5.41. The van der Waals surface area contributed by atoms with Crippen LogP contribution in [0.15, 0.2) is 0 Å². The number of ether oxygens (including phenoxy) is 1. The van der Waals surface area contributed by atoms with Gasteiger partial charge in [0.25, 0.3) is 0 Å². The summed E-state index contributed by atoms with van der Waals surface area (Å²) in [5.74, 6) is -0.0463. The Morgan fingerprint density at radius 3 is 2.42 bits per heavy atom. The van der Waals surface area contributed by atoms with Gasteiger partial charge < -0.3 is 15.8 Å². The quantitative estimate of drug-likeness (QED) is 0.776. The highest BCUT2D eigenvalue weighted by atomic mass is 16.5. The Kier molecular flexibility index (Phi) is 4.68. The number of hydrogen-bond acceptors (Lipinski definition) is 3. The highest BCUT2D eigenvalue weighted by Crippen LogP contribution is 2.49. The first-order valence-corrected chi connectivity index (χ1v) is 7.29. The van der Waals surface area contributed by atoms with E-state index in [9.17, 15) is 4.79 Å². The Morgan fingerprint density at radius 1 is 1.42 bits per heavy atom. The molecular weight excluding hydrogens is 240 g/mol. The summed E-state index contributed by atoms with van der Waals surface area (Å²) in [6.07, 6.45) is 1.70. The van der Waals surface area contributed by atoms with Crippen LogP contribution in [-0.4, -0.2) is 30.7 Å². The second-order valence-corrected chi connectivity index (χ2v) is 7.04. The minimum atomic E-state index is -0.809. The third kappa shape index (κ3) is 2.95. The zero-order chi connectivity index (χ0) is 14.9. The van der Waals surface area contributed by atoms with Crippen LogP contribution in [0.2, 0.25) is 0 Å². The number of rotatable bonds is 6. The Labute approximate surface area is 117 Å². The molecule has 0 spiro atoms. The highest BCUT2D eigenvalue weighted by molar-refractivity contribution is 5.88. The largest absolute Gasteiger partial charge is 0.378 e. The van der Waals surface area contributed by atoms with Gasteiger partial charge >= 0.3 is 0 Å². The normalized spacial score (nSPS) is 29.7. The molecule has 0 aromatic heterocycles. The van der Waals surface area contributed by atoms with Crippen molar-refractivity contribution in [3.63, 3.8) is 0 Å². The summed E-state index contributed by atoms with van der Waals surface area (Å²) in [6, 6.07) is 0. The van der Waals surface area contributed by atoms with Crippen molar-refractivity contribution in [2.45, 2.75) is 66.0 Å². The number of amides is 1. The maximum absolute atomic E-state index is 12.4. The van der Waals surface area contributed by atoms with Gasteiger partial charge in [0.05, 0.1) is 6.10 Å². The van der Waals surface area contributed by atoms with Gasteiger partial charge in [0.2, 0.25) is 5.91 Å². The van der Waals surface area contributed by atoms with Crippen molar-refractivity contribution in [3.05, 3.63) is 0 Å². The van der Waals surface area contributed by atoms with Gasteiger partial charge in [-0.15, -0.1) is 0 Å². The molecule has 1 saturated carbocycles. The van der Waals surface area contributed by atoms with E-state index in [1.165, 1.54) is 0 Å². The van der Waals surface area contributed by atoms with E-state index in [1.54, 1.807) is 0 Å². The summed E-state index contributed by atoms with van der Waals surface area (Å²) >= 11 is 0. The van der Waals surface area contributed by atoms with Crippen molar-refractivity contribution in [2.24, 2.45) is 16.6 Å². The van der Waals surface area contributed by atoms with Crippen LogP contribution < -0.4 is 11.1 Å². The van der Waals surface area contributed by atoms with Crippen LogP contribution in [0.5, 0.6) is 0 Å². The molecule has 1 aliphatic carbocycles. The van der Waals surface area contributed by atoms with E-state index < -0.39 is 5.54 Å². The molecule has 1 rings (SSSR count). The van der Waals surface area contributed by atoms with Gasteiger partial charge in [-0.05, 0) is 18.8 Å². The van der Waals surface area contributed by atoms with E-state index in [2.05, 4.69) is 26.1 Å². The minimum Gasteiger partial charge on any atom is -0.378 e. The Balaban J connectivity index is 2.63. The van der Waals surface area contributed by atoms with Crippen molar-refractivity contribution in [3.8, 4) is 0 Å². The SMILES string of the molecule is CCOC1CC(N)(C(=O)NCC(C)(C)CC)C1(C)C. The molecule has 0 aromatic rings. The van der Waals surface area contributed by atoms with Crippen LogP contribution in [0, 0.1) is 10.8 Å². The van der Waals surface area contributed by atoms with E-state index in [4.69, 9.17) is 10.5 Å². The van der Waals surface area contributed by atoms with Crippen molar-refractivity contribution in [1.82, 2.24) is 5.32 Å². The zero-order valence-corrected chi connectivity index (χ0v) is 13.3. The third-order valence-electron chi connectivity index (χ3n) is 4.92. The molecule has 112 valence electrons. The topological polar surface area (TPSA) is 64.3 Å². The van der Waals surface area contributed by atoms with E-state index in [-0.39, 0.29) is 22.8 Å². The predicted molar refractivity (Wildman–Crippen MR) is 77.8 cm³/mol. The van der Waals surface area contributed by atoms with Gasteiger partial charge in [0.1, 0.15) is 5.54 Å². The lowest BCUT2D eigenvalue weighted by molar-refractivity contribution is -0.170. The summed E-state index contributed by atoms with van der Waals surface area (Å²) in [5, 5.41) is 3.02. The first kappa shape index (κ1) is 16.4. The Hall–Kier alpha value is -0.610. The molecule has 4 heteroatoms. The molecule has 2 unspecified atom stereocenters. The fourth-order valence-electron chi connectivity index (χ4n) is 2.42. The molecule has 0 aromatic carbocycles. The van der Waals surface area contributed by atoms with Crippen LogP contribution in [-0.2, 0) is 9.53 Å². The highest BCUT2D eigenvalue weighted by Gasteiger charge is 2.62. The maximum Gasteiger partial charge on any atom is 0.240 e. The molecular formula is C15H30N2O2. The van der Waals surface area contributed by atoms with Crippen LogP contribution in [0.1, 0.15) is 54.4 Å². The molecule has 0 aliphatic heterocycles. The second-order valence-electron chi connectivity index (χ2n) is 7.04. The van der Waals surface area contributed by atoms with Gasteiger partial charge in [-0.2, -0.15) is 0 Å². The smallest absolute Gasteiger partial charge is 0.240 e. The maximum atomic E-state index is 12.4. The monoisotopic (exact) mass is 270 g/mol. The minimum absolute atomic E-state index is 0.0463. The molecule has 3 N–H and O–H groups in total. The molecule has 1 aliphatic rings. The van der Waals surface area contributed by atoms with E-state index >= 15 is 0 Å². The average molecular weight is 270 g/mol. The molecule has 0 bridgehead atoms. The van der Waals surface area contributed by atoms with Crippen molar-refractivity contribution in [1.29, 1.82) is 0 Å². The standard InChI is InChI=1S/C15H30N2O2/c1-7-13(3,4)10-17-12(18)15(16)9-11(19-8-2)14(15,5)6/h11H,7-10,16H2,1-6H3,(H,17,18). The van der Waals surface area contributed by atoms with Crippen LogP contribution in [0.25, 0.3) is 0 Å². The average Bonchev–Trinajstić information content (AvgIpc) is 2.35. The van der Waals surface area contributed by atoms with Crippen molar-refractivity contribution < 1.29 is 9.53 Å². The molecule has 1 fully saturated rings. The molecule has 1 amide bonds. The van der Waals surface area contributed by atoms with E-state index in [0.717, 1.165) is 6.42 Å². The van der Waals surface area contributed by atoms with Crippen LogP contribution in [0.3, 0.4) is 0 Å². The van der Waals surface area contributed by atoms with E-state index in [1.807, 2.05) is 20.8 Å². The zero-order valence-electron chi connectivity index (χ0n) is 13.3. The number of nitrogens with one attached hydrogen (secondary N) is 1. The van der Waals surface area contributed by atoms with Crippen LogP contribution >= 0.6 is 0 Å². The van der Waals surface area contributed by atoms with Gasteiger partial charge in [-0.3, -0.25) is 4.79 Å². The van der Waals surface area contributed by atoms with Gasteiger partial charge in [0.15, 0.2) is 0 Å². The summed E-state index contributed by atoms with van der Waals surface area (Å²) in [5.41, 5.74) is 5.31. The number of hydrogen-bond donors (Lipinski definition) is 2. The predicted octanol–water partition coefficient (Wildman–Crippen LogP) is 2.07. The molecule has 2 atom stereocenters. The lowest BCUT2D eigenvalue weighted by Gasteiger charge is -2.57. The first-order chi connectivity index (χ1) is 8.60. The first-order valence-electron chi connectivity index (χ1n) is 7.29. The Bertz CT molecular complexity index is 339.